The van der Waals surface area contributed by atoms with Gasteiger partial charge in [-0.3, -0.25) is 5.10 Å². The lowest BCUT2D eigenvalue weighted by Crippen LogP contribution is -2.10. The van der Waals surface area contributed by atoms with Crippen LogP contribution in [-0.4, -0.2) is 17.3 Å². The molecule has 0 aliphatic rings. The summed E-state index contributed by atoms with van der Waals surface area (Å²) in [4.78, 5) is 0. The molecular formula is C16H16FN3O. The molecule has 1 atom stereocenters. The normalized spacial score (nSPS) is 12.3. The average Bonchev–Trinajstić information content (AvgIpc) is 2.96. The van der Waals surface area contributed by atoms with Crippen LogP contribution in [0.5, 0.6) is 5.75 Å². The maximum atomic E-state index is 14.1. The molecule has 2 aromatic carbocycles. The first-order valence-electron chi connectivity index (χ1n) is 6.71. The van der Waals surface area contributed by atoms with E-state index >= 15 is 0 Å². The Labute approximate surface area is 121 Å². The third kappa shape index (κ3) is 2.42. The first-order valence-corrected chi connectivity index (χ1v) is 6.71. The van der Waals surface area contributed by atoms with Crippen molar-refractivity contribution in [2.75, 3.05) is 12.4 Å². The third-order valence-corrected chi connectivity index (χ3v) is 3.51. The summed E-state index contributed by atoms with van der Waals surface area (Å²) in [6.45, 7) is 1.90. The number of hydrogen-bond donors (Lipinski definition) is 2. The molecule has 2 N–H and O–H groups in total. The quantitative estimate of drug-likeness (QED) is 0.764. The van der Waals surface area contributed by atoms with Crippen LogP contribution in [0.4, 0.5) is 10.1 Å². The van der Waals surface area contributed by atoms with E-state index in [2.05, 4.69) is 15.5 Å². The molecule has 0 aliphatic carbocycles. The van der Waals surface area contributed by atoms with Crippen molar-refractivity contribution >= 4 is 16.6 Å². The molecule has 1 aromatic heterocycles. The fourth-order valence-electron chi connectivity index (χ4n) is 2.51. The molecule has 3 aromatic rings. The molecule has 0 amide bonds. The minimum absolute atomic E-state index is 0.241. The topological polar surface area (TPSA) is 49.9 Å². The number of rotatable bonds is 4. The van der Waals surface area contributed by atoms with Crippen molar-refractivity contribution in [3.63, 3.8) is 0 Å². The van der Waals surface area contributed by atoms with Gasteiger partial charge in [-0.25, -0.2) is 4.39 Å². The van der Waals surface area contributed by atoms with Crippen LogP contribution in [0.15, 0.2) is 42.6 Å². The molecule has 5 heteroatoms. The maximum Gasteiger partial charge on any atom is 0.132 e. The smallest absolute Gasteiger partial charge is 0.132 e. The Hall–Kier alpha value is -2.56. The van der Waals surface area contributed by atoms with Gasteiger partial charge in [-0.2, -0.15) is 5.10 Å². The van der Waals surface area contributed by atoms with Crippen molar-refractivity contribution in [1.29, 1.82) is 0 Å². The maximum absolute atomic E-state index is 14.1. The van der Waals surface area contributed by atoms with Gasteiger partial charge in [-0.15, -0.1) is 0 Å². The van der Waals surface area contributed by atoms with Crippen molar-refractivity contribution in [3.8, 4) is 5.75 Å². The summed E-state index contributed by atoms with van der Waals surface area (Å²) in [5, 5.41) is 11.3. The Morgan fingerprint density at radius 2 is 2.05 bits per heavy atom. The van der Waals surface area contributed by atoms with Gasteiger partial charge in [0, 0.05) is 5.39 Å². The first kappa shape index (κ1) is 13.4. The van der Waals surface area contributed by atoms with Crippen molar-refractivity contribution in [3.05, 3.63) is 54.0 Å². The van der Waals surface area contributed by atoms with Crippen LogP contribution in [0.25, 0.3) is 10.9 Å². The van der Waals surface area contributed by atoms with Gasteiger partial charge in [-0.1, -0.05) is 18.2 Å². The summed E-state index contributed by atoms with van der Waals surface area (Å²) in [5.41, 5.74) is 2.29. The monoisotopic (exact) mass is 285 g/mol. The van der Waals surface area contributed by atoms with Gasteiger partial charge in [0.05, 0.1) is 36.1 Å². The summed E-state index contributed by atoms with van der Waals surface area (Å²) in [5.74, 6) is 0.248. The fraction of sp³-hybridized carbons (Fsp3) is 0.188. The van der Waals surface area contributed by atoms with Crippen LogP contribution < -0.4 is 10.1 Å². The Kier molecular flexibility index (Phi) is 3.48. The predicted octanol–water partition coefficient (Wildman–Crippen LogP) is 3.88. The molecular weight excluding hydrogens is 269 g/mol. The van der Waals surface area contributed by atoms with E-state index < -0.39 is 0 Å². The number of nitrogens with zero attached hydrogens (tertiary/aromatic N) is 1. The largest absolute Gasteiger partial charge is 0.496 e. The number of halogens is 1. The number of benzene rings is 2. The van der Waals surface area contributed by atoms with Crippen molar-refractivity contribution in [1.82, 2.24) is 10.2 Å². The van der Waals surface area contributed by atoms with E-state index in [4.69, 9.17) is 4.74 Å². The zero-order valence-corrected chi connectivity index (χ0v) is 11.9. The van der Waals surface area contributed by atoms with E-state index in [0.29, 0.717) is 11.3 Å². The summed E-state index contributed by atoms with van der Waals surface area (Å²) in [6, 6.07) is 10.4. The number of ether oxygens (including phenoxy) is 1. The van der Waals surface area contributed by atoms with Gasteiger partial charge in [-0.05, 0) is 25.1 Å². The third-order valence-electron chi connectivity index (χ3n) is 3.51. The Morgan fingerprint density at radius 1 is 1.24 bits per heavy atom. The molecule has 4 nitrogen and oxygen atoms in total. The standard InChI is InChI=1S/C16H16FN3O/c1-10(15-12(17)6-4-8-14(15)21-2)19-13-7-3-5-11-9-18-20-16(11)13/h3-10,19H,1-2H3,(H,18,20). The van der Waals surface area contributed by atoms with Gasteiger partial charge in [0.25, 0.3) is 0 Å². The number of nitrogens with one attached hydrogen (secondary N) is 2. The van der Waals surface area contributed by atoms with Crippen molar-refractivity contribution in [2.24, 2.45) is 0 Å². The van der Waals surface area contributed by atoms with Crippen molar-refractivity contribution < 1.29 is 9.13 Å². The molecule has 108 valence electrons. The number of hydrogen-bond acceptors (Lipinski definition) is 3. The van der Waals surface area contributed by atoms with Crippen LogP contribution in [0.3, 0.4) is 0 Å². The van der Waals surface area contributed by atoms with E-state index in [1.165, 1.54) is 6.07 Å². The molecule has 3 rings (SSSR count). The molecule has 0 spiro atoms. The Balaban J connectivity index is 1.97. The average molecular weight is 285 g/mol. The van der Waals surface area contributed by atoms with Crippen LogP contribution in [-0.2, 0) is 0 Å². The molecule has 21 heavy (non-hydrogen) atoms. The molecule has 1 unspecified atom stereocenters. The van der Waals surface area contributed by atoms with E-state index in [1.807, 2.05) is 25.1 Å². The summed E-state index contributed by atoms with van der Waals surface area (Å²) in [6.07, 6.45) is 1.76. The number of methoxy groups -OCH3 is 1. The van der Waals surface area contributed by atoms with E-state index in [-0.39, 0.29) is 11.9 Å². The van der Waals surface area contributed by atoms with Gasteiger partial charge in [0.1, 0.15) is 11.6 Å². The number of H-pyrrole nitrogens is 1. The van der Waals surface area contributed by atoms with E-state index in [9.17, 15) is 4.39 Å². The van der Waals surface area contributed by atoms with Crippen LogP contribution in [0.1, 0.15) is 18.5 Å². The minimum atomic E-state index is -0.286. The van der Waals surface area contributed by atoms with Gasteiger partial charge in [0.2, 0.25) is 0 Å². The number of para-hydroxylation sites is 1. The van der Waals surface area contributed by atoms with Gasteiger partial charge >= 0.3 is 0 Å². The van der Waals surface area contributed by atoms with Crippen LogP contribution in [0.2, 0.25) is 0 Å². The summed E-state index contributed by atoms with van der Waals surface area (Å²) in [7, 11) is 1.54. The highest BCUT2D eigenvalue weighted by atomic mass is 19.1. The molecule has 0 aliphatic heterocycles. The zero-order valence-electron chi connectivity index (χ0n) is 11.9. The second-order valence-electron chi connectivity index (χ2n) is 4.86. The van der Waals surface area contributed by atoms with E-state index in [0.717, 1.165) is 16.6 Å². The van der Waals surface area contributed by atoms with Gasteiger partial charge < -0.3 is 10.1 Å². The fourth-order valence-corrected chi connectivity index (χ4v) is 2.51. The minimum Gasteiger partial charge on any atom is -0.496 e. The predicted molar refractivity (Wildman–Crippen MR) is 81.1 cm³/mol. The lowest BCUT2D eigenvalue weighted by molar-refractivity contribution is 0.402. The number of aromatic nitrogens is 2. The summed E-state index contributed by atoms with van der Waals surface area (Å²) >= 11 is 0. The number of aromatic amines is 1. The Bertz CT molecular complexity index is 769. The summed E-state index contributed by atoms with van der Waals surface area (Å²) < 4.78 is 19.4. The highest BCUT2D eigenvalue weighted by molar-refractivity contribution is 5.90. The Morgan fingerprint density at radius 3 is 2.86 bits per heavy atom. The molecule has 0 bridgehead atoms. The van der Waals surface area contributed by atoms with Crippen LogP contribution >= 0.6 is 0 Å². The molecule has 0 saturated heterocycles. The lowest BCUT2D eigenvalue weighted by atomic mass is 10.1. The highest BCUT2D eigenvalue weighted by Crippen LogP contribution is 2.31. The SMILES string of the molecule is COc1cccc(F)c1C(C)Nc1cccc2cn[nH]c12. The molecule has 1 heterocycles. The van der Waals surface area contributed by atoms with Gasteiger partial charge in [0.15, 0.2) is 0 Å². The first-order chi connectivity index (χ1) is 10.2. The number of fused-ring (bicyclic) bond motifs is 1. The molecule has 0 saturated carbocycles. The second kappa shape index (κ2) is 5.44. The molecule has 0 radical (unpaired) electrons. The highest BCUT2D eigenvalue weighted by Gasteiger charge is 2.17. The second-order valence-corrected chi connectivity index (χ2v) is 4.86. The number of anilines is 1. The van der Waals surface area contributed by atoms with Crippen LogP contribution in [0, 0.1) is 5.82 Å². The zero-order chi connectivity index (χ0) is 14.8. The lowest BCUT2D eigenvalue weighted by Gasteiger charge is -2.19. The van der Waals surface area contributed by atoms with Crippen molar-refractivity contribution in [2.45, 2.75) is 13.0 Å². The molecule has 0 fully saturated rings. The van der Waals surface area contributed by atoms with E-state index in [1.54, 1.807) is 25.4 Å².